The van der Waals surface area contributed by atoms with Crippen molar-refractivity contribution in [2.24, 2.45) is 0 Å². The molecule has 1 heterocycles. The zero-order valence-corrected chi connectivity index (χ0v) is 10.1. The molecule has 0 unspecified atom stereocenters. The van der Waals surface area contributed by atoms with Crippen molar-refractivity contribution in [3.8, 4) is 0 Å². The second-order valence-corrected chi connectivity index (χ2v) is 4.61. The van der Waals surface area contributed by atoms with Crippen LogP contribution in [-0.4, -0.2) is 28.1 Å². The first-order valence-corrected chi connectivity index (χ1v) is 5.55. The number of nitrogens with zero attached hydrogens (tertiary/aromatic N) is 2. The molecule has 0 bridgehead atoms. The van der Waals surface area contributed by atoms with Gasteiger partial charge in [-0.25, -0.2) is 4.79 Å². The molecule has 0 spiro atoms. The molecule has 16 heavy (non-hydrogen) atoms. The van der Waals surface area contributed by atoms with Gasteiger partial charge in [0.2, 0.25) is 5.13 Å². The lowest BCUT2D eigenvalue weighted by Gasteiger charge is -2.12. The van der Waals surface area contributed by atoms with E-state index in [1.54, 1.807) is 0 Å². The molecule has 5 nitrogen and oxygen atoms in total. The van der Waals surface area contributed by atoms with E-state index in [2.05, 4.69) is 20.8 Å². The minimum Gasteiger partial charge on any atom is -0.341 e. The standard InChI is InChI=1S/C6H6Cl2F2N4OS/c1-11-4(15)12-5-14-13-3(16-5)6(9,10)2(7)8/h2H,1H3,(H2,11,12,14,15). The molecule has 0 saturated heterocycles. The van der Waals surface area contributed by atoms with Crippen LogP contribution in [0, 0.1) is 0 Å². The van der Waals surface area contributed by atoms with Gasteiger partial charge >= 0.3 is 12.0 Å². The molecule has 0 atom stereocenters. The quantitative estimate of drug-likeness (QED) is 0.839. The summed E-state index contributed by atoms with van der Waals surface area (Å²) in [5.74, 6) is -3.50. The van der Waals surface area contributed by atoms with Crippen molar-refractivity contribution < 1.29 is 13.6 Å². The number of carbonyl (C=O) groups is 1. The zero-order chi connectivity index (χ0) is 12.3. The van der Waals surface area contributed by atoms with Crippen molar-refractivity contribution in [2.45, 2.75) is 10.8 Å². The Balaban J connectivity index is 2.83. The zero-order valence-electron chi connectivity index (χ0n) is 7.80. The summed E-state index contributed by atoms with van der Waals surface area (Å²) < 4.78 is 26.5. The fourth-order valence-corrected chi connectivity index (χ4v) is 1.74. The lowest BCUT2D eigenvalue weighted by Crippen LogP contribution is -2.24. The monoisotopic (exact) mass is 290 g/mol. The topological polar surface area (TPSA) is 66.9 Å². The van der Waals surface area contributed by atoms with Gasteiger partial charge in [0.25, 0.3) is 0 Å². The first kappa shape index (κ1) is 13.3. The molecule has 0 radical (unpaired) electrons. The third-order valence-electron chi connectivity index (χ3n) is 1.43. The Morgan fingerprint density at radius 1 is 1.50 bits per heavy atom. The minimum absolute atomic E-state index is 0.0667. The molecular formula is C6H6Cl2F2N4OS. The smallest absolute Gasteiger partial charge is 0.330 e. The molecule has 2 amide bonds. The number of nitrogens with one attached hydrogen (secondary N) is 2. The van der Waals surface area contributed by atoms with Gasteiger partial charge in [-0.05, 0) is 0 Å². The van der Waals surface area contributed by atoms with Crippen molar-refractivity contribution in [1.82, 2.24) is 15.5 Å². The highest BCUT2D eigenvalue weighted by Crippen LogP contribution is 2.39. The molecule has 0 saturated carbocycles. The van der Waals surface area contributed by atoms with Gasteiger partial charge in [0, 0.05) is 7.05 Å². The fourth-order valence-electron chi connectivity index (χ4n) is 0.661. The maximum Gasteiger partial charge on any atom is 0.330 e. The lowest BCUT2D eigenvalue weighted by molar-refractivity contribution is 0.00996. The van der Waals surface area contributed by atoms with Crippen molar-refractivity contribution in [2.75, 3.05) is 12.4 Å². The highest BCUT2D eigenvalue weighted by molar-refractivity contribution is 7.15. The van der Waals surface area contributed by atoms with Gasteiger partial charge in [-0.1, -0.05) is 34.5 Å². The number of hydrogen-bond acceptors (Lipinski definition) is 4. The summed E-state index contributed by atoms with van der Waals surface area (Å²) in [5, 5.41) is 10.3. The van der Waals surface area contributed by atoms with E-state index in [1.165, 1.54) is 7.05 Å². The molecule has 1 aromatic rings. The molecule has 0 aliphatic heterocycles. The first-order valence-electron chi connectivity index (χ1n) is 3.86. The Morgan fingerprint density at radius 3 is 2.62 bits per heavy atom. The Hall–Kier alpha value is -0.730. The molecule has 0 fully saturated rings. The van der Waals surface area contributed by atoms with Crippen LogP contribution in [0.25, 0.3) is 0 Å². The number of carbonyl (C=O) groups excluding carboxylic acids is 1. The van der Waals surface area contributed by atoms with Gasteiger partial charge in [-0.2, -0.15) is 8.78 Å². The van der Waals surface area contributed by atoms with Crippen LogP contribution < -0.4 is 10.6 Å². The van der Waals surface area contributed by atoms with E-state index < -0.39 is 21.8 Å². The molecule has 1 aromatic heterocycles. The summed E-state index contributed by atoms with van der Waals surface area (Å²) in [7, 11) is 1.37. The summed E-state index contributed by atoms with van der Waals surface area (Å²) >= 11 is 10.7. The van der Waals surface area contributed by atoms with E-state index in [4.69, 9.17) is 23.2 Å². The number of halogens is 4. The van der Waals surface area contributed by atoms with Crippen LogP contribution in [0.15, 0.2) is 0 Å². The number of amides is 2. The average molecular weight is 291 g/mol. The van der Waals surface area contributed by atoms with Gasteiger partial charge in [0.05, 0.1) is 0 Å². The normalized spacial score (nSPS) is 11.6. The van der Waals surface area contributed by atoms with Gasteiger partial charge in [0.15, 0.2) is 9.84 Å². The molecule has 0 aromatic carbocycles. The Morgan fingerprint density at radius 2 is 2.12 bits per heavy atom. The van der Waals surface area contributed by atoms with Gasteiger partial charge in [-0.15, -0.1) is 10.2 Å². The van der Waals surface area contributed by atoms with Crippen LogP contribution in [0.3, 0.4) is 0 Å². The average Bonchev–Trinajstić information content (AvgIpc) is 2.66. The van der Waals surface area contributed by atoms with Gasteiger partial charge in [-0.3, -0.25) is 5.32 Å². The largest absolute Gasteiger partial charge is 0.341 e. The van der Waals surface area contributed by atoms with Crippen LogP contribution in [-0.2, 0) is 5.92 Å². The van der Waals surface area contributed by atoms with E-state index in [9.17, 15) is 13.6 Å². The molecule has 90 valence electrons. The molecular weight excluding hydrogens is 285 g/mol. The second-order valence-electron chi connectivity index (χ2n) is 2.54. The Labute approximate surface area is 103 Å². The van der Waals surface area contributed by atoms with Gasteiger partial charge < -0.3 is 5.32 Å². The number of alkyl halides is 4. The molecule has 0 aliphatic carbocycles. The summed E-state index contributed by atoms with van der Waals surface area (Å²) in [6.45, 7) is 0. The van der Waals surface area contributed by atoms with E-state index in [1.807, 2.05) is 0 Å². The van der Waals surface area contributed by atoms with Crippen LogP contribution in [0.2, 0.25) is 0 Å². The summed E-state index contributed by atoms with van der Waals surface area (Å²) in [4.78, 5) is 8.93. The van der Waals surface area contributed by atoms with Crippen LogP contribution >= 0.6 is 34.5 Å². The maximum atomic E-state index is 13.2. The summed E-state index contributed by atoms with van der Waals surface area (Å²) in [6.07, 6.45) is 0. The Bertz CT molecular complexity index is 386. The number of urea groups is 1. The number of anilines is 1. The molecule has 0 aliphatic rings. The van der Waals surface area contributed by atoms with E-state index in [0.29, 0.717) is 11.3 Å². The predicted molar refractivity (Wildman–Crippen MR) is 57.4 cm³/mol. The first-order chi connectivity index (χ1) is 7.37. The summed E-state index contributed by atoms with van der Waals surface area (Å²) in [5.41, 5.74) is 0. The van der Waals surface area contributed by atoms with Gasteiger partial charge in [0.1, 0.15) is 0 Å². The molecule has 2 N–H and O–H groups in total. The number of aromatic nitrogens is 2. The van der Waals surface area contributed by atoms with E-state index >= 15 is 0 Å². The van der Waals surface area contributed by atoms with Crippen molar-refractivity contribution in [3.05, 3.63) is 5.01 Å². The lowest BCUT2D eigenvalue weighted by atomic mass is 10.4. The van der Waals surface area contributed by atoms with E-state index in [0.717, 1.165) is 0 Å². The predicted octanol–water partition coefficient (Wildman–Crippen LogP) is 2.18. The molecule has 10 heteroatoms. The highest BCUT2D eigenvalue weighted by atomic mass is 35.5. The van der Waals surface area contributed by atoms with Crippen molar-refractivity contribution in [3.63, 3.8) is 0 Å². The van der Waals surface area contributed by atoms with Crippen LogP contribution in [0.4, 0.5) is 18.7 Å². The third-order valence-corrected chi connectivity index (χ3v) is 2.90. The maximum absolute atomic E-state index is 13.2. The second kappa shape index (κ2) is 5.07. The highest BCUT2D eigenvalue weighted by Gasteiger charge is 2.43. The third kappa shape index (κ3) is 2.89. The van der Waals surface area contributed by atoms with Crippen molar-refractivity contribution >= 4 is 45.7 Å². The Kier molecular flexibility index (Phi) is 4.22. The van der Waals surface area contributed by atoms with Crippen LogP contribution in [0.1, 0.15) is 5.01 Å². The SMILES string of the molecule is CNC(=O)Nc1nnc(C(F)(F)C(Cl)Cl)s1. The number of hydrogen-bond donors (Lipinski definition) is 2. The minimum atomic E-state index is -3.50. The van der Waals surface area contributed by atoms with E-state index in [-0.39, 0.29) is 5.13 Å². The fraction of sp³-hybridized carbons (Fsp3) is 0.500. The van der Waals surface area contributed by atoms with Crippen molar-refractivity contribution in [1.29, 1.82) is 0 Å². The van der Waals surface area contributed by atoms with Crippen LogP contribution in [0.5, 0.6) is 0 Å². The summed E-state index contributed by atoms with van der Waals surface area (Å²) in [6, 6.07) is -0.584. The molecule has 1 rings (SSSR count). The number of rotatable bonds is 3.